The Morgan fingerprint density at radius 1 is 1.08 bits per heavy atom. The summed E-state index contributed by atoms with van der Waals surface area (Å²) in [6, 6.07) is 15.0. The van der Waals surface area contributed by atoms with Gasteiger partial charge in [-0.2, -0.15) is 0 Å². The molecule has 5 heteroatoms. The van der Waals surface area contributed by atoms with Gasteiger partial charge < -0.3 is 9.84 Å². The maximum absolute atomic E-state index is 11.3. The number of benzene rings is 2. The van der Waals surface area contributed by atoms with Crippen molar-refractivity contribution in [3.05, 3.63) is 59.1 Å². The average Bonchev–Trinajstić information content (AvgIpc) is 2.58. The Balaban J connectivity index is 1.79. The summed E-state index contributed by atoms with van der Waals surface area (Å²) in [5, 5.41) is 9.98. The summed E-state index contributed by atoms with van der Waals surface area (Å²) in [7, 11) is 0. The van der Waals surface area contributed by atoms with E-state index in [0.717, 1.165) is 42.1 Å². The average molecular weight is 363 g/mol. The molecule has 1 fully saturated rings. The van der Waals surface area contributed by atoms with E-state index in [1.165, 1.54) is 0 Å². The van der Waals surface area contributed by atoms with Crippen LogP contribution in [0.1, 0.15) is 31.2 Å². The van der Waals surface area contributed by atoms with Gasteiger partial charge in [-0.25, -0.2) is 0 Å². The zero-order valence-electron chi connectivity index (χ0n) is 13.2. The Kier molecular flexibility index (Phi) is 5.36. The van der Waals surface area contributed by atoms with E-state index >= 15 is 0 Å². The van der Waals surface area contributed by atoms with Crippen molar-refractivity contribution in [2.24, 2.45) is 0 Å². The van der Waals surface area contributed by atoms with Gasteiger partial charge in [0.15, 0.2) is 0 Å². The van der Waals surface area contributed by atoms with E-state index in [1.807, 2.05) is 36.4 Å². The Morgan fingerprint density at radius 2 is 1.71 bits per heavy atom. The number of halogens is 1. The van der Waals surface area contributed by atoms with Gasteiger partial charge in [0.1, 0.15) is 11.5 Å². The highest BCUT2D eigenvalue weighted by atomic mass is 35.5. The highest BCUT2D eigenvalue weighted by Crippen LogP contribution is 2.48. The number of aliphatic carboxylic acids is 1. The molecule has 3 rings (SSSR count). The van der Waals surface area contributed by atoms with Gasteiger partial charge in [0.2, 0.25) is 0 Å². The number of carboxylic acid groups (broad SMARTS) is 1. The number of hydrogen-bond acceptors (Lipinski definition) is 3. The van der Waals surface area contributed by atoms with Crippen LogP contribution in [0.3, 0.4) is 0 Å². The van der Waals surface area contributed by atoms with Gasteiger partial charge in [-0.3, -0.25) is 4.79 Å². The van der Waals surface area contributed by atoms with Crippen LogP contribution >= 0.6 is 23.4 Å². The van der Waals surface area contributed by atoms with Crippen LogP contribution in [0.15, 0.2) is 48.5 Å². The fourth-order valence-electron chi connectivity index (χ4n) is 3.03. The van der Waals surface area contributed by atoms with Crippen LogP contribution in [0.5, 0.6) is 11.5 Å². The number of ether oxygens (including phenoxy) is 1. The lowest BCUT2D eigenvalue weighted by molar-refractivity contribution is -0.137. The fraction of sp³-hybridized carbons (Fsp3) is 0.316. The highest BCUT2D eigenvalue weighted by molar-refractivity contribution is 8.00. The third kappa shape index (κ3) is 4.05. The molecule has 1 unspecified atom stereocenters. The summed E-state index contributed by atoms with van der Waals surface area (Å²) in [6.45, 7) is 0. The molecule has 0 bridgehead atoms. The monoisotopic (exact) mass is 362 g/mol. The first-order valence-electron chi connectivity index (χ1n) is 7.97. The molecule has 2 aromatic rings. The molecule has 24 heavy (non-hydrogen) atoms. The molecule has 0 saturated carbocycles. The SMILES string of the molecule is O=C(O)CC1(c2ccc(Oc3ccc(Cl)cc3)cc2)CCCCS1. The molecule has 0 amide bonds. The molecule has 0 aromatic heterocycles. The standard InChI is InChI=1S/C19H19ClO3S/c20-15-5-9-17(10-6-15)23-16-7-3-14(4-8-16)19(13-18(21)22)11-1-2-12-24-19/h3-10H,1-2,11-13H2,(H,21,22). The molecule has 0 radical (unpaired) electrons. The third-order valence-corrected chi connectivity index (χ3v) is 6.10. The predicted octanol–water partition coefficient (Wildman–Crippen LogP) is 5.72. The van der Waals surface area contributed by atoms with Gasteiger partial charge in [0.05, 0.1) is 11.2 Å². The van der Waals surface area contributed by atoms with E-state index in [9.17, 15) is 9.90 Å². The molecule has 1 aliphatic rings. The summed E-state index contributed by atoms with van der Waals surface area (Å²) >= 11 is 7.64. The fourth-order valence-corrected chi connectivity index (χ4v) is 4.71. The largest absolute Gasteiger partial charge is 0.481 e. The number of carboxylic acids is 1. The van der Waals surface area contributed by atoms with Crippen LogP contribution < -0.4 is 4.74 Å². The minimum Gasteiger partial charge on any atom is -0.481 e. The zero-order chi connectivity index (χ0) is 17.0. The first-order valence-corrected chi connectivity index (χ1v) is 9.33. The molecule has 1 N–H and O–H groups in total. The summed E-state index contributed by atoms with van der Waals surface area (Å²) in [5.41, 5.74) is 1.07. The molecule has 0 spiro atoms. The first kappa shape index (κ1) is 17.2. The van der Waals surface area contributed by atoms with Crippen LogP contribution in [-0.4, -0.2) is 16.8 Å². The van der Waals surface area contributed by atoms with Crippen molar-refractivity contribution in [2.45, 2.75) is 30.4 Å². The van der Waals surface area contributed by atoms with Gasteiger partial charge in [-0.1, -0.05) is 30.2 Å². The molecular formula is C19H19ClO3S. The van der Waals surface area contributed by atoms with Crippen molar-refractivity contribution in [1.82, 2.24) is 0 Å². The molecule has 1 saturated heterocycles. The van der Waals surface area contributed by atoms with Gasteiger partial charge in [-0.15, -0.1) is 11.8 Å². The Labute approximate surface area is 151 Å². The maximum Gasteiger partial charge on any atom is 0.305 e. The predicted molar refractivity (Wildman–Crippen MR) is 98.2 cm³/mol. The van der Waals surface area contributed by atoms with Crippen LogP contribution in [0.4, 0.5) is 0 Å². The highest BCUT2D eigenvalue weighted by Gasteiger charge is 2.36. The maximum atomic E-state index is 11.3. The van der Waals surface area contributed by atoms with Gasteiger partial charge in [0.25, 0.3) is 0 Å². The van der Waals surface area contributed by atoms with E-state index in [2.05, 4.69) is 0 Å². The second-order valence-corrected chi connectivity index (χ2v) is 7.87. The van der Waals surface area contributed by atoms with Crippen molar-refractivity contribution in [3.8, 4) is 11.5 Å². The topological polar surface area (TPSA) is 46.5 Å². The quantitative estimate of drug-likeness (QED) is 0.738. The lowest BCUT2D eigenvalue weighted by Gasteiger charge is -2.36. The van der Waals surface area contributed by atoms with E-state index in [1.54, 1.807) is 23.9 Å². The molecular weight excluding hydrogens is 344 g/mol. The second-order valence-electron chi connectivity index (χ2n) is 5.95. The summed E-state index contributed by atoms with van der Waals surface area (Å²) in [6.07, 6.45) is 3.30. The van der Waals surface area contributed by atoms with Crippen LogP contribution in [0.2, 0.25) is 5.02 Å². The van der Waals surface area contributed by atoms with E-state index in [-0.39, 0.29) is 11.2 Å². The molecule has 0 aliphatic carbocycles. The number of rotatable bonds is 5. The molecule has 1 heterocycles. The normalized spacial score (nSPS) is 20.5. The van der Waals surface area contributed by atoms with Crippen molar-refractivity contribution >= 4 is 29.3 Å². The van der Waals surface area contributed by atoms with Gasteiger partial charge in [-0.05, 0) is 60.6 Å². The summed E-state index contributed by atoms with van der Waals surface area (Å²) in [4.78, 5) is 11.3. The zero-order valence-corrected chi connectivity index (χ0v) is 14.8. The Morgan fingerprint density at radius 3 is 2.25 bits per heavy atom. The molecule has 1 atom stereocenters. The minimum atomic E-state index is -0.745. The number of hydrogen-bond donors (Lipinski definition) is 1. The van der Waals surface area contributed by atoms with E-state index < -0.39 is 5.97 Å². The lowest BCUT2D eigenvalue weighted by Crippen LogP contribution is -2.28. The molecule has 126 valence electrons. The van der Waals surface area contributed by atoms with Crippen LogP contribution in [0.25, 0.3) is 0 Å². The van der Waals surface area contributed by atoms with E-state index in [4.69, 9.17) is 16.3 Å². The molecule has 1 aliphatic heterocycles. The van der Waals surface area contributed by atoms with Gasteiger partial charge >= 0.3 is 5.97 Å². The molecule has 2 aromatic carbocycles. The van der Waals surface area contributed by atoms with Gasteiger partial charge in [0, 0.05) is 5.02 Å². The Hall–Kier alpha value is -1.65. The Bertz CT molecular complexity index is 692. The molecule has 3 nitrogen and oxygen atoms in total. The first-order chi connectivity index (χ1) is 11.6. The number of carbonyl (C=O) groups is 1. The summed E-state index contributed by atoms with van der Waals surface area (Å²) in [5.74, 6) is 1.72. The minimum absolute atomic E-state index is 0.162. The smallest absolute Gasteiger partial charge is 0.305 e. The van der Waals surface area contributed by atoms with Crippen molar-refractivity contribution in [3.63, 3.8) is 0 Å². The lowest BCUT2D eigenvalue weighted by atomic mass is 9.89. The van der Waals surface area contributed by atoms with Crippen molar-refractivity contribution in [1.29, 1.82) is 0 Å². The van der Waals surface area contributed by atoms with Crippen LogP contribution in [-0.2, 0) is 9.54 Å². The van der Waals surface area contributed by atoms with Crippen molar-refractivity contribution in [2.75, 3.05) is 5.75 Å². The van der Waals surface area contributed by atoms with Crippen LogP contribution in [0, 0.1) is 0 Å². The van der Waals surface area contributed by atoms with Crippen molar-refractivity contribution < 1.29 is 14.6 Å². The van der Waals surface area contributed by atoms with E-state index in [0.29, 0.717) is 5.02 Å². The second kappa shape index (κ2) is 7.49. The summed E-state index contributed by atoms with van der Waals surface area (Å²) < 4.78 is 5.49. The number of thioether (sulfide) groups is 1. The third-order valence-electron chi connectivity index (χ3n) is 4.22.